The van der Waals surface area contributed by atoms with Crippen LogP contribution in [0, 0.1) is 3.57 Å². The number of carbonyl (C=O) groups is 1. The third kappa shape index (κ3) is 3.48. The van der Waals surface area contributed by atoms with E-state index in [1.165, 1.54) is 0 Å². The Labute approximate surface area is 101 Å². The average molecular weight is 327 g/mol. The van der Waals surface area contributed by atoms with Crippen molar-refractivity contribution in [1.82, 2.24) is 0 Å². The van der Waals surface area contributed by atoms with Gasteiger partial charge in [-0.05, 0) is 40.3 Å². The van der Waals surface area contributed by atoms with Crippen molar-refractivity contribution in [2.75, 3.05) is 5.88 Å². The number of rotatable bonds is 3. The Morgan fingerprint density at radius 2 is 2.23 bits per heavy atom. The Bertz CT molecular complexity index is 327. The summed E-state index contributed by atoms with van der Waals surface area (Å²) in [5, 5.41) is 0. The van der Waals surface area contributed by atoms with Gasteiger partial charge >= 0.3 is 0 Å². The van der Waals surface area contributed by atoms with E-state index in [2.05, 4.69) is 35.2 Å². The number of thiol groups is 1. The quantitative estimate of drug-likeness (QED) is 0.513. The van der Waals surface area contributed by atoms with Gasteiger partial charge in [0.2, 0.25) is 0 Å². The van der Waals surface area contributed by atoms with Crippen LogP contribution in [0.2, 0.25) is 0 Å². The molecule has 1 aromatic rings. The maximum atomic E-state index is 11.1. The number of benzene rings is 1. The third-order valence-electron chi connectivity index (χ3n) is 1.57. The van der Waals surface area contributed by atoms with Gasteiger partial charge in [0, 0.05) is 14.9 Å². The molecule has 0 unspecified atom stereocenters. The van der Waals surface area contributed by atoms with Crippen LogP contribution in [0.5, 0.6) is 0 Å². The van der Waals surface area contributed by atoms with E-state index in [4.69, 9.17) is 11.6 Å². The Hall–Kier alpha value is 0.260. The van der Waals surface area contributed by atoms with Gasteiger partial charge in [0.05, 0.1) is 5.88 Å². The number of ketones is 1. The number of hydrogen-bond acceptors (Lipinski definition) is 2. The normalized spacial score (nSPS) is 10.1. The largest absolute Gasteiger partial charge is 0.298 e. The van der Waals surface area contributed by atoms with Crippen molar-refractivity contribution in [2.24, 2.45) is 0 Å². The molecule has 1 rings (SSSR count). The molecule has 0 radical (unpaired) electrons. The highest BCUT2D eigenvalue weighted by atomic mass is 127. The third-order valence-corrected chi connectivity index (χ3v) is 3.15. The molecule has 0 saturated carbocycles. The fourth-order valence-corrected chi connectivity index (χ4v) is 2.19. The minimum Gasteiger partial charge on any atom is -0.298 e. The van der Waals surface area contributed by atoms with Crippen LogP contribution in [0.25, 0.3) is 0 Å². The van der Waals surface area contributed by atoms with Crippen molar-refractivity contribution >= 4 is 52.6 Å². The summed E-state index contributed by atoms with van der Waals surface area (Å²) in [7, 11) is 0. The van der Waals surface area contributed by atoms with Crippen LogP contribution in [-0.4, -0.2) is 11.7 Å². The summed E-state index contributed by atoms with van der Waals surface area (Å²) in [6.07, 6.45) is 0.413. The van der Waals surface area contributed by atoms with Gasteiger partial charge in [0.1, 0.15) is 0 Å². The lowest BCUT2D eigenvalue weighted by atomic mass is 10.1. The molecule has 1 aromatic carbocycles. The molecule has 0 aliphatic carbocycles. The van der Waals surface area contributed by atoms with Crippen molar-refractivity contribution in [3.63, 3.8) is 0 Å². The van der Waals surface area contributed by atoms with E-state index < -0.39 is 0 Å². The maximum absolute atomic E-state index is 11.1. The van der Waals surface area contributed by atoms with Gasteiger partial charge in [-0.3, -0.25) is 4.79 Å². The Kier molecular flexibility index (Phi) is 4.55. The molecule has 0 N–H and O–H groups in total. The zero-order valence-electron chi connectivity index (χ0n) is 6.76. The first-order valence-corrected chi connectivity index (χ1v) is 5.74. The minimum atomic E-state index is 0.0477. The molecule has 0 heterocycles. The molecule has 70 valence electrons. The van der Waals surface area contributed by atoms with Crippen LogP contribution in [0.4, 0.5) is 0 Å². The lowest BCUT2D eigenvalue weighted by molar-refractivity contribution is -0.116. The van der Waals surface area contributed by atoms with E-state index >= 15 is 0 Å². The standard InChI is InChI=1S/C9H8ClIOS/c10-5-7(12)3-6-1-2-8(13)4-9(6)11/h1-2,4,13H,3,5H2. The smallest absolute Gasteiger partial charge is 0.151 e. The highest BCUT2D eigenvalue weighted by molar-refractivity contribution is 14.1. The summed E-state index contributed by atoms with van der Waals surface area (Å²) in [5.74, 6) is 0.130. The van der Waals surface area contributed by atoms with Crippen LogP contribution < -0.4 is 0 Å². The van der Waals surface area contributed by atoms with Crippen molar-refractivity contribution < 1.29 is 4.79 Å². The second-order valence-electron chi connectivity index (χ2n) is 2.62. The summed E-state index contributed by atoms with van der Waals surface area (Å²) in [6, 6.07) is 5.72. The summed E-state index contributed by atoms with van der Waals surface area (Å²) in [6.45, 7) is 0. The lowest BCUT2D eigenvalue weighted by Gasteiger charge is -2.02. The summed E-state index contributed by atoms with van der Waals surface area (Å²) in [4.78, 5) is 12.0. The average Bonchev–Trinajstić information content (AvgIpc) is 2.09. The highest BCUT2D eigenvalue weighted by Crippen LogP contribution is 2.17. The van der Waals surface area contributed by atoms with Crippen LogP contribution in [-0.2, 0) is 11.2 Å². The molecule has 1 nitrogen and oxygen atoms in total. The Balaban J connectivity index is 2.83. The molecular weight excluding hydrogens is 319 g/mol. The first-order chi connectivity index (χ1) is 6.13. The van der Waals surface area contributed by atoms with E-state index in [0.717, 1.165) is 14.0 Å². The summed E-state index contributed by atoms with van der Waals surface area (Å²) in [5.41, 5.74) is 1.02. The molecule has 0 saturated heterocycles. The highest BCUT2D eigenvalue weighted by Gasteiger charge is 2.05. The summed E-state index contributed by atoms with van der Waals surface area (Å²) < 4.78 is 1.06. The molecule has 0 atom stereocenters. The van der Waals surface area contributed by atoms with Gasteiger partial charge in [-0.2, -0.15) is 0 Å². The Morgan fingerprint density at radius 3 is 2.77 bits per heavy atom. The molecule has 0 bridgehead atoms. The molecule has 0 fully saturated rings. The zero-order chi connectivity index (χ0) is 9.84. The second-order valence-corrected chi connectivity index (χ2v) is 4.57. The first-order valence-electron chi connectivity index (χ1n) is 3.68. The van der Waals surface area contributed by atoms with Crippen molar-refractivity contribution in [2.45, 2.75) is 11.3 Å². The van der Waals surface area contributed by atoms with Crippen molar-refractivity contribution in [3.05, 3.63) is 27.3 Å². The van der Waals surface area contributed by atoms with Crippen LogP contribution in [0.3, 0.4) is 0 Å². The van der Waals surface area contributed by atoms with E-state index in [-0.39, 0.29) is 11.7 Å². The van der Waals surface area contributed by atoms with Crippen LogP contribution >= 0.6 is 46.8 Å². The van der Waals surface area contributed by atoms with Gasteiger partial charge in [0.25, 0.3) is 0 Å². The molecule has 0 aliphatic rings. The number of Topliss-reactive ketones (excluding diaryl/α,β-unsaturated/α-hetero) is 1. The fraction of sp³-hybridized carbons (Fsp3) is 0.222. The predicted octanol–water partition coefficient (Wildman–Crippen LogP) is 2.93. The number of alkyl halides is 1. The molecule has 0 spiro atoms. The van der Waals surface area contributed by atoms with Gasteiger partial charge in [-0.1, -0.05) is 6.07 Å². The Morgan fingerprint density at radius 1 is 1.54 bits per heavy atom. The number of carbonyl (C=O) groups excluding carboxylic acids is 1. The SMILES string of the molecule is O=C(CCl)Cc1ccc(S)cc1I. The lowest BCUT2D eigenvalue weighted by Crippen LogP contribution is -2.04. The number of hydrogen-bond donors (Lipinski definition) is 1. The predicted molar refractivity (Wildman–Crippen MR) is 65.8 cm³/mol. The van der Waals surface area contributed by atoms with Gasteiger partial charge in [-0.25, -0.2) is 0 Å². The zero-order valence-corrected chi connectivity index (χ0v) is 10.6. The number of halogens is 2. The van der Waals surface area contributed by atoms with E-state index in [1.807, 2.05) is 18.2 Å². The molecule has 0 amide bonds. The summed E-state index contributed by atoms with van der Waals surface area (Å²) >= 11 is 11.8. The molecular formula is C9H8ClIOS. The first kappa shape index (κ1) is 11.3. The maximum Gasteiger partial charge on any atom is 0.151 e. The molecule has 0 aliphatic heterocycles. The van der Waals surface area contributed by atoms with Gasteiger partial charge in [-0.15, -0.1) is 24.2 Å². The van der Waals surface area contributed by atoms with Gasteiger partial charge in [0.15, 0.2) is 5.78 Å². The topological polar surface area (TPSA) is 17.1 Å². The second kappa shape index (κ2) is 5.22. The van der Waals surface area contributed by atoms with E-state index in [0.29, 0.717) is 6.42 Å². The van der Waals surface area contributed by atoms with Crippen LogP contribution in [0.15, 0.2) is 23.1 Å². The van der Waals surface area contributed by atoms with E-state index in [9.17, 15) is 4.79 Å². The van der Waals surface area contributed by atoms with Crippen molar-refractivity contribution in [1.29, 1.82) is 0 Å². The molecule has 0 aromatic heterocycles. The van der Waals surface area contributed by atoms with E-state index in [1.54, 1.807) is 0 Å². The molecule has 4 heteroatoms. The minimum absolute atomic E-state index is 0.0477. The van der Waals surface area contributed by atoms with Crippen LogP contribution in [0.1, 0.15) is 5.56 Å². The van der Waals surface area contributed by atoms with Crippen molar-refractivity contribution in [3.8, 4) is 0 Å². The molecule has 13 heavy (non-hydrogen) atoms. The fourth-order valence-electron chi connectivity index (χ4n) is 0.939. The van der Waals surface area contributed by atoms with Gasteiger partial charge < -0.3 is 0 Å². The monoisotopic (exact) mass is 326 g/mol.